The lowest BCUT2D eigenvalue weighted by Crippen LogP contribution is -2.32. The van der Waals surface area contributed by atoms with E-state index in [-0.39, 0.29) is 12.5 Å². The van der Waals surface area contributed by atoms with E-state index >= 15 is 0 Å². The number of methoxy groups -OCH3 is 1. The van der Waals surface area contributed by atoms with Crippen molar-refractivity contribution in [2.75, 3.05) is 20.7 Å². The van der Waals surface area contributed by atoms with Crippen molar-refractivity contribution in [3.8, 4) is 0 Å². The van der Waals surface area contributed by atoms with Crippen LogP contribution in [0.5, 0.6) is 0 Å². The monoisotopic (exact) mass is 221 g/mol. The van der Waals surface area contributed by atoms with Gasteiger partial charge in [0, 0.05) is 12.6 Å². The third kappa shape index (κ3) is 3.08. The Kier molecular flexibility index (Phi) is 4.05. The van der Waals surface area contributed by atoms with Gasteiger partial charge in [-0.05, 0) is 19.1 Å². The summed E-state index contributed by atoms with van der Waals surface area (Å²) in [4.78, 5) is 24.2. The largest absolute Gasteiger partial charge is 0.468 e. The number of nitrogens with zero attached hydrogens (tertiary/aromatic N) is 1. The molecule has 0 spiro atoms. The van der Waals surface area contributed by atoms with Gasteiger partial charge in [-0.3, -0.25) is 9.59 Å². The Hall–Kier alpha value is -1.84. The van der Waals surface area contributed by atoms with Gasteiger partial charge in [-0.15, -0.1) is 0 Å². The quantitative estimate of drug-likeness (QED) is 0.721. The van der Waals surface area contributed by atoms with E-state index in [4.69, 9.17) is 0 Å². The minimum absolute atomic E-state index is 0.0384. The second-order valence-corrected chi connectivity index (χ2v) is 3.61. The second kappa shape index (κ2) is 5.30. The van der Waals surface area contributed by atoms with E-state index in [0.29, 0.717) is 5.56 Å². The standard InChI is InChI=1S/C12H15NO3/c1-9-5-4-6-10(7-9)12(15)13(2)8-11(14)16-3/h4-7H,8H2,1-3H3. The summed E-state index contributed by atoms with van der Waals surface area (Å²) in [7, 11) is 2.87. The van der Waals surface area contributed by atoms with E-state index < -0.39 is 5.97 Å². The van der Waals surface area contributed by atoms with Crippen LogP contribution in [0.4, 0.5) is 0 Å². The fraction of sp³-hybridized carbons (Fsp3) is 0.333. The van der Waals surface area contributed by atoms with E-state index in [1.165, 1.54) is 12.0 Å². The van der Waals surface area contributed by atoms with Crippen LogP contribution in [0.15, 0.2) is 24.3 Å². The van der Waals surface area contributed by atoms with E-state index in [9.17, 15) is 9.59 Å². The number of hydrogen-bond donors (Lipinski definition) is 0. The molecule has 0 heterocycles. The SMILES string of the molecule is COC(=O)CN(C)C(=O)c1cccc(C)c1. The molecule has 0 aliphatic carbocycles. The normalized spacial score (nSPS) is 9.69. The van der Waals surface area contributed by atoms with Crippen LogP contribution in [-0.4, -0.2) is 37.5 Å². The summed E-state index contributed by atoms with van der Waals surface area (Å²) in [5, 5.41) is 0. The number of esters is 1. The molecule has 86 valence electrons. The van der Waals surface area contributed by atoms with Crippen molar-refractivity contribution in [1.29, 1.82) is 0 Å². The Morgan fingerprint density at radius 2 is 2.06 bits per heavy atom. The molecule has 1 rings (SSSR count). The fourth-order valence-corrected chi connectivity index (χ4v) is 1.33. The number of carbonyl (C=O) groups excluding carboxylic acids is 2. The molecule has 0 atom stereocenters. The van der Waals surface area contributed by atoms with E-state index in [1.807, 2.05) is 19.1 Å². The van der Waals surface area contributed by atoms with Crippen molar-refractivity contribution in [2.45, 2.75) is 6.92 Å². The lowest BCUT2D eigenvalue weighted by molar-refractivity contribution is -0.141. The van der Waals surface area contributed by atoms with Crippen LogP contribution in [-0.2, 0) is 9.53 Å². The van der Waals surface area contributed by atoms with Crippen molar-refractivity contribution >= 4 is 11.9 Å². The van der Waals surface area contributed by atoms with Crippen LogP contribution >= 0.6 is 0 Å². The average Bonchev–Trinajstić information content (AvgIpc) is 2.27. The highest BCUT2D eigenvalue weighted by Gasteiger charge is 2.14. The zero-order valence-corrected chi connectivity index (χ0v) is 9.69. The van der Waals surface area contributed by atoms with Crippen LogP contribution in [0.2, 0.25) is 0 Å². The molecule has 0 aliphatic heterocycles. The lowest BCUT2D eigenvalue weighted by Gasteiger charge is -2.15. The molecule has 0 bridgehead atoms. The minimum atomic E-state index is -0.427. The molecule has 0 unspecified atom stereocenters. The second-order valence-electron chi connectivity index (χ2n) is 3.61. The van der Waals surface area contributed by atoms with Crippen LogP contribution in [0.1, 0.15) is 15.9 Å². The molecule has 16 heavy (non-hydrogen) atoms. The van der Waals surface area contributed by atoms with Crippen LogP contribution in [0.25, 0.3) is 0 Å². The fourth-order valence-electron chi connectivity index (χ4n) is 1.33. The first-order valence-corrected chi connectivity index (χ1v) is 4.93. The molecule has 4 nitrogen and oxygen atoms in total. The predicted molar refractivity (Wildman–Crippen MR) is 60.2 cm³/mol. The van der Waals surface area contributed by atoms with Crippen LogP contribution in [0.3, 0.4) is 0 Å². The first-order valence-electron chi connectivity index (χ1n) is 4.93. The van der Waals surface area contributed by atoms with Gasteiger partial charge >= 0.3 is 5.97 Å². The molecule has 0 saturated heterocycles. The number of rotatable bonds is 3. The zero-order valence-electron chi connectivity index (χ0n) is 9.69. The molecule has 1 aromatic carbocycles. The van der Waals surface area contributed by atoms with Gasteiger partial charge in [0.2, 0.25) is 0 Å². The molecular weight excluding hydrogens is 206 g/mol. The molecule has 1 aromatic rings. The molecular formula is C12H15NO3. The van der Waals surface area contributed by atoms with E-state index in [0.717, 1.165) is 5.56 Å². The van der Waals surface area contributed by atoms with Gasteiger partial charge in [0.25, 0.3) is 5.91 Å². The van der Waals surface area contributed by atoms with Crippen LogP contribution in [0, 0.1) is 6.92 Å². The highest BCUT2D eigenvalue weighted by atomic mass is 16.5. The van der Waals surface area contributed by atoms with Crippen LogP contribution < -0.4 is 0 Å². The molecule has 0 fully saturated rings. The van der Waals surface area contributed by atoms with Gasteiger partial charge in [0.05, 0.1) is 7.11 Å². The van der Waals surface area contributed by atoms with Crippen molar-refractivity contribution in [1.82, 2.24) is 4.90 Å². The first-order chi connectivity index (χ1) is 7.54. The summed E-state index contributed by atoms with van der Waals surface area (Å²) in [6, 6.07) is 7.24. The topological polar surface area (TPSA) is 46.6 Å². The molecule has 0 saturated carbocycles. The number of ether oxygens (including phenoxy) is 1. The smallest absolute Gasteiger partial charge is 0.325 e. The number of hydrogen-bond acceptors (Lipinski definition) is 3. The third-order valence-electron chi connectivity index (χ3n) is 2.21. The molecule has 0 aromatic heterocycles. The van der Waals surface area contributed by atoms with E-state index in [2.05, 4.69) is 4.74 Å². The molecule has 0 N–H and O–H groups in total. The van der Waals surface area contributed by atoms with Crippen molar-refractivity contribution < 1.29 is 14.3 Å². The maximum atomic E-state index is 11.9. The van der Waals surface area contributed by atoms with Gasteiger partial charge < -0.3 is 9.64 Å². The summed E-state index contributed by atoms with van der Waals surface area (Å²) >= 11 is 0. The Balaban J connectivity index is 2.74. The minimum Gasteiger partial charge on any atom is -0.468 e. The van der Waals surface area contributed by atoms with Gasteiger partial charge in [-0.2, -0.15) is 0 Å². The Bertz CT molecular complexity index is 401. The van der Waals surface area contributed by atoms with Gasteiger partial charge in [0.15, 0.2) is 0 Å². The third-order valence-corrected chi connectivity index (χ3v) is 2.21. The molecule has 1 amide bonds. The number of benzene rings is 1. The summed E-state index contributed by atoms with van der Waals surface area (Å²) < 4.78 is 4.50. The van der Waals surface area contributed by atoms with Gasteiger partial charge in [-0.25, -0.2) is 0 Å². The summed E-state index contributed by atoms with van der Waals surface area (Å²) in [5.41, 5.74) is 1.59. The summed E-state index contributed by atoms with van der Waals surface area (Å²) in [6.45, 7) is 1.88. The maximum Gasteiger partial charge on any atom is 0.325 e. The predicted octanol–water partition coefficient (Wildman–Crippen LogP) is 1.24. The van der Waals surface area contributed by atoms with Crippen molar-refractivity contribution in [2.24, 2.45) is 0 Å². The lowest BCUT2D eigenvalue weighted by atomic mass is 10.1. The summed E-state index contributed by atoms with van der Waals surface area (Å²) in [6.07, 6.45) is 0. The number of carbonyl (C=O) groups is 2. The highest BCUT2D eigenvalue weighted by Crippen LogP contribution is 2.06. The Morgan fingerprint density at radius 1 is 1.38 bits per heavy atom. The van der Waals surface area contributed by atoms with E-state index in [1.54, 1.807) is 19.2 Å². The Morgan fingerprint density at radius 3 is 2.62 bits per heavy atom. The molecule has 4 heteroatoms. The number of amides is 1. The Labute approximate surface area is 94.8 Å². The average molecular weight is 221 g/mol. The van der Waals surface area contributed by atoms with Crippen molar-refractivity contribution in [3.63, 3.8) is 0 Å². The summed E-state index contributed by atoms with van der Waals surface area (Å²) in [5.74, 6) is -0.613. The van der Waals surface area contributed by atoms with Gasteiger partial charge in [0.1, 0.15) is 6.54 Å². The number of aryl methyl sites for hydroxylation is 1. The molecule has 0 aliphatic rings. The highest BCUT2D eigenvalue weighted by molar-refractivity contribution is 5.95. The first kappa shape index (κ1) is 12.2. The number of likely N-dealkylation sites (N-methyl/N-ethyl adjacent to an activating group) is 1. The van der Waals surface area contributed by atoms with Gasteiger partial charge in [-0.1, -0.05) is 17.7 Å². The zero-order chi connectivity index (χ0) is 12.1. The van der Waals surface area contributed by atoms with Crippen molar-refractivity contribution in [3.05, 3.63) is 35.4 Å². The molecule has 0 radical (unpaired) electrons. The maximum absolute atomic E-state index is 11.9.